The van der Waals surface area contributed by atoms with Crippen LogP contribution in [0.1, 0.15) is 29.7 Å². The van der Waals surface area contributed by atoms with E-state index < -0.39 is 0 Å². The highest BCUT2D eigenvalue weighted by Crippen LogP contribution is 2.40. The topological polar surface area (TPSA) is 45.7 Å². The third-order valence-electron chi connectivity index (χ3n) is 4.38. The Kier molecular flexibility index (Phi) is 4.10. The first-order valence-electron chi connectivity index (χ1n) is 7.89. The standard InChI is InChI=1S/C19H15BrClNO2/c20-15-9-17-18(13-3-1-2-4-16(13)24-17)14(19(15)23)10-22-12-7-5-11(21)6-8-12/h5-10,23H,1-4H2. The van der Waals surface area contributed by atoms with Crippen LogP contribution in [0.3, 0.4) is 0 Å². The number of phenolic OH excluding ortho intramolecular Hbond substituents is 1. The molecule has 0 amide bonds. The zero-order chi connectivity index (χ0) is 16.7. The molecule has 5 heteroatoms. The third-order valence-corrected chi connectivity index (χ3v) is 5.23. The number of aryl methyl sites for hydroxylation is 2. The van der Waals surface area contributed by atoms with Gasteiger partial charge in [0.25, 0.3) is 0 Å². The first-order valence-corrected chi connectivity index (χ1v) is 9.06. The molecular formula is C19H15BrClNO2. The molecule has 0 saturated carbocycles. The van der Waals surface area contributed by atoms with Crippen LogP contribution in [0, 0.1) is 0 Å². The summed E-state index contributed by atoms with van der Waals surface area (Å²) in [6.07, 6.45) is 5.93. The lowest BCUT2D eigenvalue weighted by Crippen LogP contribution is -1.99. The number of hydrogen-bond acceptors (Lipinski definition) is 3. The van der Waals surface area contributed by atoms with E-state index in [4.69, 9.17) is 16.0 Å². The van der Waals surface area contributed by atoms with Crippen LogP contribution in [0.5, 0.6) is 5.75 Å². The first kappa shape index (κ1) is 15.7. The highest BCUT2D eigenvalue weighted by molar-refractivity contribution is 9.10. The van der Waals surface area contributed by atoms with Crippen molar-refractivity contribution in [3.05, 3.63) is 56.7 Å². The van der Waals surface area contributed by atoms with Gasteiger partial charge in [0.1, 0.15) is 17.1 Å². The second kappa shape index (κ2) is 6.26. The van der Waals surface area contributed by atoms with Gasteiger partial charge in [0.05, 0.1) is 10.2 Å². The molecule has 1 N–H and O–H groups in total. The Balaban J connectivity index is 1.88. The van der Waals surface area contributed by atoms with E-state index in [2.05, 4.69) is 20.9 Å². The Morgan fingerprint density at radius 3 is 2.71 bits per heavy atom. The monoisotopic (exact) mass is 403 g/mol. The highest BCUT2D eigenvalue weighted by Gasteiger charge is 2.22. The van der Waals surface area contributed by atoms with Crippen LogP contribution >= 0.6 is 27.5 Å². The van der Waals surface area contributed by atoms with Gasteiger partial charge in [-0.05, 0) is 65.5 Å². The minimum Gasteiger partial charge on any atom is -0.506 e. The van der Waals surface area contributed by atoms with E-state index >= 15 is 0 Å². The normalized spacial score (nSPS) is 14.4. The fraction of sp³-hybridized carbons (Fsp3) is 0.211. The number of aliphatic imine (C=N–C) groups is 1. The average molecular weight is 405 g/mol. The van der Waals surface area contributed by atoms with E-state index in [1.54, 1.807) is 18.3 Å². The Labute approximate surface area is 153 Å². The van der Waals surface area contributed by atoms with Crippen LogP contribution in [0.4, 0.5) is 5.69 Å². The molecule has 0 fully saturated rings. The summed E-state index contributed by atoms with van der Waals surface area (Å²) >= 11 is 9.31. The lowest BCUT2D eigenvalue weighted by molar-refractivity contribution is 0.471. The molecule has 0 spiro atoms. The number of halogens is 2. The summed E-state index contributed by atoms with van der Waals surface area (Å²) in [5.41, 5.74) is 3.48. The summed E-state index contributed by atoms with van der Waals surface area (Å²) in [6, 6.07) is 9.11. The van der Waals surface area contributed by atoms with Crippen LogP contribution < -0.4 is 0 Å². The second-order valence-electron chi connectivity index (χ2n) is 5.94. The highest BCUT2D eigenvalue weighted by atomic mass is 79.9. The van der Waals surface area contributed by atoms with E-state index in [1.807, 2.05) is 18.2 Å². The van der Waals surface area contributed by atoms with Crippen molar-refractivity contribution in [1.29, 1.82) is 0 Å². The van der Waals surface area contributed by atoms with Gasteiger partial charge in [-0.3, -0.25) is 4.99 Å². The molecule has 0 aliphatic heterocycles. The minimum absolute atomic E-state index is 0.189. The molecule has 0 bridgehead atoms. The van der Waals surface area contributed by atoms with Gasteiger partial charge in [-0.1, -0.05) is 11.6 Å². The molecule has 3 aromatic rings. The summed E-state index contributed by atoms with van der Waals surface area (Å²) in [5, 5.41) is 12.2. The van der Waals surface area contributed by atoms with Crippen molar-refractivity contribution in [3.8, 4) is 5.75 Å². The quantitative estimate of drug-likeness (QED) is 0.518. The fourth-order valence-electron chi connectivity index (χ4n) is 3.21. The van der Waals surface area contributed by atoms with Crippen LogP contribution in [-0.4, -0.2) is 11.3 Å². The number of hydrogen-bond donors (Lipinski definition) is 1. The fourth-order valence-corrected chi connectivity index (χ4v) is 3.75. The van der Waals surface area contributed by atoms with E-state index in [1.165, 1.54) is 5.56 Å². The molecule has 0 unspecified atom stereocenters. The van der Waals surface area contributed by atoms with Crippen molar-refractivity contribution in [2.75, 3.05) is 0 Å². The van der Waals surface area contributed by atoms with Gasteiger partial charge < -0.3 is 9.52 Å². The Hall–Kier alpha value is -1.78. The maximum atomic E-state index is 10.5. The third kappa shape index (κ3) is 2.74. The first-order chi connectivity index (χ1) is 11.6. The molecule has 0 saturated heterocycles. The maximum absolute atomic E-state index is 10.5. The summed E-state index contributed by atoms with van der Waals surface area (Å²) in [6.45, 7) is 0. The smallest absolute Gasteiger partial charge is 0.139 e. The van der Waals surface area contributed by atoms with E-state index in [-0.39, 0.29) is 5.75 Å². The van der Waals surface area contributed by atoms with E-state index in [0.29, 0.717) is 15.1 Å². The van der Waals surface area contributed by atoms with Crippen molar-refractivity contribution in [1.82, 2.24) is 0 Å². The Morgan fingerprint density at radius 2 is 1.92 bits per heavy atom. The van der Waals surface area contributed by atoms with Crippen molar-refractivity contribution in [3.63, 3.8) is 0 Å². The van der Waals surface area contributed by atoms with Gasteiger partial charge in [0, 0.05) is 34.2 Å². The number of furan rings is 1. The molecule has 122 valence electrons. The van der Waals surface area contributed by atoms with Crippen LogP contribution in [0.25, 0.3) is 11.0 Å². The van der Waals surface area contributed by atoms with Gasteiger partial charge in [-0.2, -0.15) is 0 Å². The van der Waals surface area contributed by atoms with Crippen molar-refractivity contribution < 1.29 is 9.52 Å². The summed E-state index contributed by atoms with van der Waals surface area (Å²) in [4.78, 5) is 4.49. The Morgan fingerprint density at radius 1 is 1.17 bits per heavy atom. The van der Waals surface area contributed by atoms with Gasteiger partial charge in [0.15, 0.2) is 0 Å². The number of phenols is 1. The van der Waals surface area contributed by atoms with E-state index in [9.17, 15) is 5.11 Å². The molecule has 4 rings (SSSR count). The molecule has 0 radical (unpaired) electrons. The second-order valence-corrected chi connectivity index (χ2v) is 7.23. The summed E-state index contributed by atoms with van der Waals surface area (Å²) < 4.78 is 6.62. The van der Waals surface area contributed by atoms with Crippen LogP contribution in [-0.2, 0) is 12.8 Å². The molecule has 0 atom stereocenters. The number of fused-ring (bicyclic) bond motifs is 3. The molecule has 1 aromatic heterocycles. The largest absolute Gasteiger partial charge is 0.506 e. The van der Waals surface area contributed by atoms with Crippen LogP contribution in [0.15, 0.2) is 44.2 Å². The SMILES string of the molecule is Oc1c(Br)cc2oc3c(c2c1C=Nc1ccc(Cl)cc1)CCCC3. The maximum Gasteiger partial charge on any atom is 0.139 e. The van der Waals surface area contributed by atoms with Gasteiger partial charge >= 0.3 is 0 Å². The number of nitrogens with zero attached hydrogens (tertiary/aromatic N) is 1. The Bertz CT molecular complexity index is 944. The molecule has 1 aliphatic carbocycles. The van der Waals surface area contributed by atoms with Gasteiger partial charge in [-0.25, -0.2) is 0 Å². The molecule has 3 nitrogen and oxygen atoms in total. The minimum atomic E-state index is 0.189. The van der Waals surface area contributed by atoms with Crippen molar-refractivity contribution >= 4 is 50.4 Å². The van der Waals surface area contributed by atoms with Crippen molar-refractivity contribution in [2.45, 2.75) is 25.7 Å². The van der Waals surface area contributed by atoms with E-state index in [0.717, 1.165) is 48.1 Å². The molecular weight excluding hydrogens is 390 g/mol. The predicted molar refractivity (Wildman–Crippen MR) is 101 cm³/mol. The number of aromatic hydroxyl groups is 1. The number of benzene rings is 2. The van der Waals surface area contributed by atoms with Gasteiger partial charge in [0.2, 0.25) is 0 Å². The van der Waals surface area contributed by atoms with Crippen LogP contribution in [0.2, 0.25) is 5.02 Å². The molecule has 1 heterocycles. The summed E-state index contributed by atoms with van der Waals surface area (Å²) in [5.74, 6) is 1.23. The lowest BCUT2D eigenvalue weighted by atomic mass is 9.94. The molecule has 24 heavy (non-hydrogen) atoms. The lowest BCUT2D eigenvalue weighted by Gasteiger charge is -2.10. The summed E-state index contributed by atoms with van der Waals surface area (Å²) in [7, 11) is 0. The zero-order valence-corrected chi connectivity index (χ0v) is 15.2. The average Bonchev–Trinajstić information content (AvgIpc) is 2.95. The van der Waals surface area contributed by atoms with Gasteiger partial charge in [-0.15, -0.1) is 0 Å². The van der Waals surface area contributed by atoms with Crippen molar-refractivity contribution in [2.24, 2.45) is 4.99 Å². The molecule has 1 aliphatic rings. The molecule has 2 aromatic carbocycles. The number of rotatable bonds is 2. The zero-order valence-electron chi connectivity index (χ0n) is 12.9. The predicted octanol–water partition coefficient (Wildman–Crippen LogP) is 6.18.